The molecule has 0 amide bonds. The number of rotatable bonds is 5. The van der Waals surface area contributed by atoms with Gasteiger partial charge in [0.1, 0.15) is 0 Å². The second kappa shape index (κ2) is 21.2. The maximum absolute atomic E-state index is 2.48. The summed E-state index contributed by atoms with van der Waals surface area (Å²) in [6, 6.07) is 114. The number of fused-ring (bicyclic) bond motifs is 19. The lowest BCUT2D eigenvalue weighted by atomic mass is 9.77. The third-order valence-corrected chi connectivity index (χ3v) is 23.4. The van der Waals surface area contributed by atoms with Crippen LogP contribution in [0.5, 0.6) is 0 Å². The van der Waals surface area contributed by atoms with Gasteiger partial charge in [0.2, 0.25) is 0 Å². The summed E-state index contributed by atoms with van der Waals surface area (Å²) in [4.78, 5) is 0. The highest BCUT2D eigenvalue weighted by Crippen LogP contribution is 2.61. The van der Waals surface area contributed by atoms with E-state index in [9.17, 15) is 0 Å². The number of benzene rings is 16. The number of hydrogen-bond acceptors (Lipinski definition) is 0. The molecule has 0 heterocycles. The molecular formula is C98H74. The molecule has 0 radical (unpaired) electrons. The fourth-order valence-corrected chi connectivity index (χ4v) is 18.1. The molecule has 0 heteroatoms. The van der Waals surface area contributed by atoms with Crippen LogP contribution in [0.2, 0.25) is 0 Å². The van der Waals surface area contributed by atoms with Crippen molar-refractivity contribution in [2.24, 2.45) is 0 Å². The molecule has 0 unspecified atom stereocenters. The van der Waals surface area contributed by atoms with Gasteiger partial charge in [-0.15, -0.1) is 0 Å². The topological polar surface area (TPSA) is 0 Å². The summed E-state index contributed by atoms with van der Waals surface area (Å²) in [6.07, 6.45) is 0. The van der Waals surface area contributed by atoms with Gasteiger partial charge in [-0.3, -0.25) is 0 Å². The van der Waals surface area contributed by atoms with Gasteiger partial charge < -0.3 is 0 Å². The van der Waals surface area contributed by atoms with Crippen LogP contribution in [0, 0.1) is 0 Å². The molecule has 0 saturated carbocycles. The van der Waals surface area contributed by atoms with Gasteiger partial charge in [-0.25, -0.2) is 0 Å². The third kappa shape index (κ3) is 8.69. The van der Waals surface area contributed by atoms with Crippen molar-refractivity contribution in [3.8, 4) is 100 Å². The first-order valence-electron chi connectivity index (χ1n) is 35.0. The van der Waals surface area contributed by atoms with Gasteiger partial charge in [-0.1, -0.05) is 298 Å². The average molecular weight is 1250 g/mol. The van der Waals surface area contributed by atoms with Crippen LogP contribution >= 0.6 is 0 Å². The van der Waals surface area contributed by atoms with Crippen molar-refractivity contribution in [3.63, 3.8) is 0 Å². The molecule has 4 aliphatic carbocycles. The van der Waals surface area contributed by atoms with E-state index in [-0.39, 0.29) is 21.7 Å². The van der Waals surface area contributed by atoms with E-state index >= 15 is 0 Å². The molecule has 0 atom stereocenters. The summed E-state index contributed by atoms with van der Waals surface area (Å²) in [5.74, 6) is 0. The average Bonchev–Trinajstić information content (AvgIpc) is 1.54. The van der Waals surface area contributed by atoms with Crippen LogP contribution in [0.25, 0.3) is 154 Å². The fourth-order valence-electron chi connectivity index (χ4n) is 18.1. The van der Waals surface area contributed by atoms with Gasteiger partial charge in [-0.2, -0.15) is 0 Å². The quantitative estimate of drug-likeness (QED) is 0.161. The molecule has 0 nitrogen and oxygen atoms in total. The SMILES string of the molecule is CC1(C)c2ccccc2-c2c1ccc1c2-c2ccc(-c3ccc4cc(-c5ccc6ccccc6c5)ccc4c3)cc2C1(C)C.CC1(C)c2ccccc2-c2c1ccc1c2C(C)(C)c2cc(-c3cc(-c4ccc5cc(-c6ccc7ccccc7c6)ccc5c4)c4ccccc4c3)ccc2-1. The fraction of sp³-hybridized carbons (Fsp3) is 0.122. The maximum Gasteiger partial charge on any atom is 0.0165 e. The molecule has 20 rings (SSSR count). The normalized spacial score (nSPS) is 14.9. The second-order valence-electron chi connectivity index (χ2n) is 30.4. The molecule has 0 aliphatic heterocycles. The van der Waals surface area contributed by atoms with E-state index in [0.717, 1.165) is 0 Å². The van der Waals surface area contributed by atoms with E-state index in [1.165, 1.54) is 199 Å². The van der Waals surface area contributed by atoms with Crippen LogP contribution in [0.4, 0.5) is 0 Å². The molecular weight excluding hydrogens is 1180 g/mol. The summed E-state index contributed by atoms with van der Waals surface area (Å²) in [5, 5.41) is 12.7. The van der Waals surface area contributed by atoms with Crippen molar-refractivity contribution in [2.45, 2.75) is 77.0 Å². The molecule has 0 N–H and O–H groups in total. The zero-order valence-corrected chi connectivity index (χ0v) is 56.9. The van der Waals surface area contributed by atoms with Crippen molar-refractivity contribution < 1.29 is 0 Å². The molecule has 0 spiro atoms. The highest BCUT2D eigenvalue weighted by atomic mass is 14.5. The second-order valence-corrected chi connectivity index (χ2v) is 30.4. The lowest BCUT2D eigenvalue weighted by molar-refractivity contribution is 0.647. The standard InChI is InChI=1S/C54H40.C44H34/c1-53(2)48-16-10-9-15-46(48)51-49(53)26-25-45-44-24-23-39(32-50(44)54(3,4)52(45)51)42-30-40-13-7-8-14-43(40)47(31-42)41-22-21-37-28-36(19-20-38(37)29-41)35-18-17-33-11-5-6-12-34(33)27-35;1-43(2)37-12-8-7-11-35(37)41-38(43)21-22-39-42(41)36-20-19-34(26-40(36)44(39,3)4)33-18-17-31-24-30(15-16-32(31)25-33)29-14-13-27-9-5-6-10-28(27)23-29/h5-32H,1-4H3;5-26H,1-4H3. The van der Waals surface area contributed by atoms with Crippen LogP contribution in [0.15, 0.2) is 303 Å². The predicted molar refractivity (Wildman–Crippen MR) is 418 cm³/mol. The summed E-state index contributed by atoms with van der Waals surface area (Å²) in [6.45, 7) is 19.2. The highest BCUT2D eigenvalue weighted by Gasteiger charge is 2.46. The summed E-state index contributed by atoms with van der Waals surface area (Å²) >= 11 is 0. The summed E-state index contributed by atoms with van der Waals surface area (Å²) < 4.78 is 0. The van der Waals surface area contributed by atoms with Gasteiger partial charge in [-0.05, 0) is 259 Å². The summed E-state index contributed by atoms with van der Waals surface area (Å²) in [7, 11) is 0. The minimum Gasteiger partial charge on any atom is -0.0619 e. The molecule has 466 valence electrons. The third-order valence-electron chi connectivity index (χ3n) is 23.4. The molecule has 98 heavy (non-hydrogen) atoms. The Kier molecular flexibility index (Phi) is 12.6. The number of hydrogen-bond donors (Lipinski definition) is 0. The first kappa shape index (κ1) is 58.2. The van der Waals surface area contributed by atoms with Crippen LogP contribution in [0.3, 0.4) is 0 Å². The monoisotopic (exact) mass is 1250 g/mol. The Morgan fingerprint density at radius 3 is 1.01 bits per heavy atom. The Bertz CT molecular complexity index is 6110. The smallest absolute Gasteiger partial charge is 0.0165 e. The van der Waals surface area contributed by atoms with Gasteiger partial charge in [0.05, 0.1) is 0 Å². The molecule has 0 aromatic heterocycles. The Morgan fingerprint density at radius 2 is 0.480 bits per heavy atom. The zero-order valence-electron chi connectivity index (χ0n) is 56.9. The Balaban J connectivity index is 0.000000140. The Hall–Kier alpha value is -11.2. The van der Waals surface area contributed by atoms with E-state index in [4.69, 9.17) is 0 Å². The van der Waals surface area contributed by atoms with Crippen molar-refractivity contribution >= 4 is 53.9 Å². The lowest BCUT2D eigenvalue weighted by Crippen LogP contribution is -2.18. The van der Waals surface area contributed by atoms with Crippen LogP contribution < -0.4 is 0 Å². The molecule has 4 aliphatic rings. The van der Waals surface area contributed by atoms with E-state index in [1.807, 2.05) is 0 Å². The lowest BCUT2D eigenvalue weighted by Gasteiger charge is -2.26. The van der Waals surface area contributed by atoms with Crippen LogP contribution in [-0.2, 0) is 21.7 Å². The molecule has 0 fully saturated rings. The first-order chi connectivity index (χ1) is 47.6. The predicted octanol–water partition coefficient (Wildman–Crippen LogP) is 26.7. The van der Waals surface area contributed by atoms with Gasteiger partial charge >= 0.3 is 0 Å². The molecule has 16 aromatic rings. The Morgan fingerprint density at radius 1 is 0.163 bits per heavy atom. The van der Waals surface area contributed by atoms with E-state index in [1.54, 1.807) is 0 Å². The summed E-state index contributed by atoms with van der Waals surface area (Å²) in [5.41, 5.74) is 35.1. The van der Waals surface area contributed by atoms with Crippen molar-refractivity contribution in [3.05, 3.63) is 348 Å². The van der Waals surface area contributed by atoms with E-state index < -0.39 is 0 Å². The van der Waals surface area contributed by atoms with E-state index in [0.29, 0.717) is 0 Å². The minimum absolute atomic E-state index is 0.00700. The highest BCUT2D eigenvalue weighted by molar-refractivity contribution is 6.05. The zero-order chi connectivity index (χ0) is 66.1. The van der Waals surface area contributed by atoms with Crippen molar-refractivity contribution in [2.75, 3.05) is 0 Å². The first-order valence-corrected chi connectivity index (χ1v) is 35.0. The van der Waals surface area contributed by atoms with Gasteiger partial charge in [0.15, 0.2) is 0 Å². The van der Waals surface area contributed by atoms with Crippen LogP contribution in [-0.4, -0.2) is 0 Å². The molecule has 0 saturated heterocycles. The Labute approximate surface area is 575 Å². The maximum atomic E-state index is 2.48. The van der Waals surface area contributed by atoms with E-state index in [2.05, 4.69) is 359 Å². The largest absolute Gasteiger partial charge is 0.0619 e. The van der Waals surface area contributed by atoms with Crippen molar-refractivity contribution in [1.82, 2.24) is 0 Å². The molecule has 0 bridgehead atoms. The minimum atomic E-state index is -0.136. The van der Waals surface area contributed by atoms with Crippen LogP contribution in [0.1, 0.15) is 99.9 Å². The van der Waals surface area contributed by atoms with Gasteiger partial charge in [0.25, 0.3) is 0 Å². The van der Waals surface area contributed by atoms with Gasteiger partial charge in [0, 0.05) is 21.7 Å². The molecule has 16 aromatic carbocycles. The van der Waals surface area contributed by atoms with Crippen molar-refractivity contribution in [1.29, 1.82) is 0 Å².